The molecule has 0 saturated carbocycles. The third kappa shape index (κ3) is 5.76. The molecule has 2 aromatic carbocycles. The van der Waals surface area contributed by atoms with Gasteiger partial charge >= 0.3 is 12.2 Å². The lowest BCUT2D eigenvalue weighted by atomic mass is 9.92. The maximum absolute atomic E-state index is 13.1. The number of aromatic nitrogens is 1. The van der Waals surface area contributed by atoms with E-state index in [9.17, 15) is 32.3 Å². The quantitative estimate of drug-likeness (QED) is 0.391. The van der Waals surface area contributed by atoms with Crippen molar-refractivity contribution in [2.45, 2.75) is 51.0 Å². The number of halogens is 3. The Morgan fingerprint density at radius 1 is 0.976 bits per heavy atom. The van der Waals surface area contributed by atoms with E-state index in [1.807, 2.05) is 0 Å². The van der Waals surface area contributed by atoms with Crippen LogP contribution in [0, 0.1) is 0 Å². The van der Waals surface area contributed by atoms with Crippen molar-refractivity contribution in [1.29, 1.82) is 0 Å². The predicted molar refractivity (Wildman–Crippen MR) is 142 cm³/mol. The van der Waals surface area contributed by atoms with Gasteiger partial charge in [-0.3, -0.25) is 24.7 Å². The van der Waals surface area contributed by atoms with Crippen LogP contribution in [0.1, 0.15) is 53.7 Å². The minimum atomic E-state index is -4.50. The molecule has 1 unspecified atom stereocenters. The summed E-state index contributed by atoms with van der Waals surface area (Å²) in [5, 5.41) is 7.91. The zero-order valence-corrected chi connectivity index (χ0v) is 22.1. The van der Waals surface area contributed by atoms with Crippen LogP contribution >= 0.6 is 0 Å². The van der Waals surface area contributed by atoms with Gasteiger partial charge in [0.05, 0.1) is 11.1 Å². The molecule has 212 valence electrons. The van der Waals surface area contributed by atoms with E-state index in [0.717, 1.165) is 17.8 Å². The van der Waals surface area contributed by atoms with Crippen LogP contribution < -0.4 is 16.0 Å². The standard InChI is InChI=1S/C29H26F3N5O4/c1-28(2,19-5-3-16(4-6-19)17-11-20(14-33-13-17)29(30,31)32)36-27(41)34-21-7-8-22-18(12-21)15-37(26(22)40)23-9-10-24(38)35-25(23)39/h3-8,11-14,23H,9-10,15H2,1-2H3,(H2,34,36,41)(H,35,38,39). The highest BCUT2D eigenvalue weighted by Gasteiger charge is 2.39. The normalized spacial score (nSPS) is 17.2. The van der Waals surface area contributed by atoms with Gasteiger partial charge in [-0.25, -0.2) is 4.79 Å². The molecule has 0 aliphatic carbocycles. The summed E-state index contributed by atoms with van der Waals surface area (Å²) >= 11 is 0. The van der Waals surface area contributed by atoms with Gasteiger partial charge < -0.3 is 15.5 Å². The average Bonchev–Trinajstić information content (AvgIpc) is 3.23. The minimum absolute atomic E-state index is 0.157. The van der Waals surface area contributed by atoms with Crippen molar-refractivity contribution >= 4 is 29.4 Å². The van der Waals surface area contributed by atoms with E-state index in [4.69, 9.17) is 0 Å². The minimum Gasteiger partial charge on any atom is -0.329 e. The molecule has 2 aliphatic heterocycles. The van der Waals surface area contributed by atoms with E-state index >= 15 is 0 Å². The summed E-state index contributed by atoms with van der Waals surface area (Å²) < 4.78 is 39.2. The number of hydrogen-bond acceptors (Lipinski definition) is 5. The van der Waals surface area contributed by atoms with Crippen LogP contribution in [-0.2, 0) is 27.8 Å². The molecule has 2 aliphatic rings. The molecule has 3 N–H and O–H groups in total. The lowest BCUT2D eigenvalue weighted by Crippen LogP contribution is -2.52. The highest BCUT2D eigenvalue weighted by atomic mass is 19.4. The van der Waals surface area contributed by atoms with Crippen LogP contribution in [0.5, 0.6) is 0 Å². The van der Waals surface area contributed by atoms with E-state index < -0.39 is 35.3 Å². The second-order valence-electron chi connectivity index (χ2n) is 10.5. The van der Waals surface area contributed by atoms with Gasteiger partial charge in [0.2, 0.25) is 11.8 Å². The number of benzene rings is 2. The van der Waals surface area contributed by atoms with Crippen LogP contribution in [-0.4, -0.2) is 39.7 Å². The highest BCUT2D eigenvalue weighted by molar-refractivity contribution is 6.05. The monoisotopic (exact) mass is 565 g/mol. The summed E-state index contributed by atoms with van der Waals surface area (Å²) in [4.78, 5) is 54.6. The smallest absolute Gasteiger partial charge is 0.329 e. The molecule has 3 heterocycles. The maximum Gasteiger partial charge on any atom is 0.417 e. The Balaban J connectivity index is 1.24. The molecule has 41 heavy (non-hydrogen) atoms. The molecule has 9 nitrogen and oxygen atoms in total. The summed E-state index contributed by atoms with van der Waals surface area (Å²) in [5.74, 6) is -1.17. The van der Waals surface area contributed by atoms with Crippen LogP contribution in [0.15, 0.2) is 60.9 Å². The van der Waals surface area contributed by atoms with Crippen LogP contribution in [0.25, 0.3) is 11.1 Å². The van der Waals surface area contributed by atoms with Gasteiger partial charge in [0.1, 0.15) is 6.04 Å². The average molecular weight is 566 g/mol. The second kappa shape index (κ2) is 10.3. The molecule has 1 fully saturated rings. The van der Waals surface area contributed by atoms with Crippen molar-refractivity contribution in [2.75, 3.05) is 5.32 Å². The molecule has 5 rings (SSSR count). The Morgan fingerprint density at radius 2 is 1.71 bits per heavy atom. The lowest BCUT2D eigenvalue weighted by molar-refractivity contribution is -0.138. The van der Waals surface area contributed by atoms with Crippen molar-refractivity contribution in [1.82, 2.24) is 20.5 Å². The van der Waals surface area contributed by atoms with Crippen LogP contribution in [0.2, 0.25) is 0 Å². The molecule has 1 atom stereocenters. The number of pyridine rings is 1. The van der Waals surface area contributed by atoms with Gasteiger partial charge in [-0.15, -0.1) is 0 Å². The number of imide groups is 1. The van der Waals surface area contributed by atoms with Gasteiger partial charge in [-0.05, 0) is 61.2 Å². The van der Waals surface area contributed by atoms with E-state index in [0.29, 0.717) is 27.9 Å². The number of nitrogens with one attached hydrogen (secondary N) is 3. The molecular formula is C29H26F3N5O4. The largest absolute Gasteiger partial charge is 0.417 e. The Kier molecular flexibility index (Phi) is 7.02. The molecule has 0 spiro atoms. The number of nitrogens with zero attached hydrogens (tertiary/aromatic N) is 2. The number of alkyl halides is 3. The summed E-state index contributed by atoms with van der Waals surface area (Å²) in [7, 11) is 0. The summed E-state index contributed by atoms with van der Waals surface area (Å²) in [6.45, 7) is 3.75. The number of piperidine rings is 1. The number of hydrogen-bond donors (Lipinski definition) is 3. The van der Waals surface area contributed by atoms with Gasteiger partial charge in [-0.2, -0.15) is 13.2 Å². The van der Waals surface area contributed by atoms with Gasteiger partial charge in [0.25, 0.3) is 5.91 Å². The second-order valence-corrected chi connectivity index (χ2v) is 10.5. The number of rotatable bonds is 5. The molecule has 5 amide bonds. The van der Waals surface area contributed by atoms with Gasteiger partial charge in [-0.1, -0.05) is 24.3 Å². The molecule has 3 aromatic rings. The molecule has 12 heteroatoms. The zero-order valence-electron chi connectivity index (χ0n) is 22.1. The van der Waals surface area contributed by atoms with E-state index in [-0.39, 0.29) is 31.2 Å². The highest BCUT2D eigenvalue weighted by Crippen LogP contribution is 2.33. The Morgan fingerprint density at radius 3 is 2.39 bits per heavy atom. The van der Waals surface area contributed by atoms with Gasteiger partial charge in [0, 0.05) is 42.2 Å². The fraction of sp³-hybridized carbons (Fsp3) is 0.276. The predicted octanol–water partition coefficient (Wildman–Crippen LogP) is 4.59. The third-order valence-electron chi connectivity index (χ3n) is 7.21. The van der Waals surface area contributed by atoms with E-state index in [2.05, 4.69) is 20.9 Å². The summed E-state index contributed by atoms with van der Waals surface area (Å²) in [6, 6.07) is 11.4. The van der Waals surface area contributed by atoms with Crippen LogP contribution in [0.4, 0.5) is 23.7 Å². The van der Waals surface area contributed by atoms with Gasteiger partial charge in [0.15, 0.2) is 0 Å². The van der Waals surface area contributed by atoms with Crippen molar-refractivity contribution in [3.63, 3.8) is 0 Å². The number of amides is 5. The van der Waals surface area contributed by atoms with Crippen molar-refractivity contribution in [2.24, 2.45) is 0 Å². The Hall–Kier alpha value is -4.74. The number of urea groups is 1. The number of carbonyl (C=O) groups excluding carboxylic acids is 4. The van der Waals surface area contributed by atoms with E-state index in [1.165, 1.54) is 11.1 Å². The number of anilines is 1. The number of fused-ring (bicyclic) bond motifs is 1. The molecule has 1 aromatic heterocycles. The summed E-state index contributed by atoms with van der Waals surface area (Å²) in [6.07, 6.45) is -1.95. The van der Waals surface area contributed by atoms with Crippen molar-refractivity contribution < 1.29 is 32.3 Å². The molecule has 0 bridgehead atoms. The van der Waals surface area contributed by atoms with Crippen molar-refractivity contribution in [3.8, 4) is 11.1 Å². The first-order chi connectivity index (χ1) is 19.3. The Labute approximate surface area is 233 Å². The fourth-order valence-electron chi connectivity index (χ4n) is 5.00. The number of carbonyl (C=O) groups is 4. The topological polar surface area (TPSA) is 120 Å². The van der Waals surface area contributed by atoms with Crippen LogP contribution in [0.3, 0.4) is 0 Å². The fourth-order valence-corrected chi connectivity index (χ4v) is 5.00. The first-order valence-corrected chi connectivity index (χ1v) is 12.8. The maximum atomic E-state index is 13.1. The van der Waals surface area contributed by atoms with E-state index in [1.54, 1.807) is 56.3 Å². The molecule has 1 saturated heterocycles. The summed E-state index contributed by atoms with van der Waals surface area (Å²) in [5.41, 5.74) is 1.43. The molecule has 0 radical (unpaired) electrons. The first-order valence-electron chi connectivity index (χ1n) is 12.8. The third-order valence-corrected chi connectivity index (χ3v) is 7.21. The molecular weight excluding hydrogens is 539 g/mol. The Bertz CT molecular complexity index is 1550. The lowest BCUT2D eigenvalue weighted by Gasteiger charge is -2.29. The first kappa shape index (κ1) is 27.8. The SMILES string of the molecule is CC(C)(NC(=O)Nc1ccc2c(c1)CN(C1CCC(=O)NC1=O)C2=O)c1ccc(-c2cncc(C(F)(F)F)c2)cc1. The van der Waals surface area contributed by atoms with Crippen molar-refractivity contribution in [3.05, 3.63) is 83.2 Å². The zero-order chi connectivity index (χ0) is 29.5.